The zero-order chi connectivity index (χ0) is 23.3. The zero-order valence-electron chi connectivity index (χ0n) is 19.3. The van der Waals surface area contributed by atoms with Gasteiger partial charge >= 0.3 is 0 Å². The Morgan fingerprint density at radius 1 is 1.03 bits per heavy atom. The van der Waals surface area contributed by atoms with Crippen LogP contribution in [0.4, 0.5) is 14.5 Å². The Hall–Kier alpha value is -2.80. The number of nitrogens with zero attached hydrogens (tertiary/aromatic N) is 3. The molecule has 1 aromatic heterocycles. The van der Waals surface area contributed by atoms with Crippen LogP contribution in [0, 0.1) is 5.92 Å². The summed E-state index contributed by atoms with van der Waals surface area (Å²) in [5, 5.41) is 2.80. The second-order valence-electron chi connectivity index (χ2n) is 10.0. The highest BCUT2D eigenvalue weighted by Gasteiger charge is 2.42. The van der Waals surface area contributed by atoms with Crippen molar-refractivity contribution < 1.29 is 13.6 Å². The van der Waals surface area contributed by atoms with Gasteiger partial charge < -0.3 is 15.1 Å². The Morgan fingerprint density at radius 2 is 1.79 bits per heavy atom. The van der Waals surface area contributed by atoms with Crippen LogP contribution < -0.4 is 10.2 Å². The number of allylic oxidation sites excluding steroid dienone is 1. The van der Waals surface area contributed by atoms with E-state index in [2.05, 4.69) is 27.3 Å². The van der Waals surface area contributed by atoms with Gasteiger partial charge in [-0.15, -0.1) is 0 Å². The van der Waals surface area contributed by atoms with Crippen LogP contribution in [0.1, 0.15) is 47.6 Å². The third-order valence-electron chi connectivity index (χ3n) is 7.75. The van der Waals surface area contributed by atoms with E-state index in [1.165, 1.54) is 11.3 Å². The lowest BCUT2D eigenvalue weighted by Crippen LogP contribution is -2.49. The third-order valence-corrected chi connectivity index (χ3v) is 7.75. The normalized spacial score (nSPS) is 24.1. The number of piperazine rings is 1. The number of rotatable bonds is 4. The summed E-state index contributed by atoms with van der Waals surface area (Å²) >= 11 is 0. The molecule has 0 radical (unpaired) electrons. The molecule has 5 nitrogen and oxygen atoms in total. The number of hydrogen-bond acceptors (Lipinski definition) is 4. The Kier molecular flexibility index (Phi) is 5.40. The van der Waals surface area contributed by atoms with Gasteiger partial charge in [0.25, 0.3) is 5.92 Å². The second-order valence-corrected chi connectivity index (χ2v) is 10.0. The number of aromatic nitrogens is 1. The van der Waals surface area contributed by atoms with Crippen LogP contribution in [-0.4, -0.2) is 61.0 Å². The van der Waals surface area contributed by atoms with Crippen molar-refractivity contribution in [2.75, 3.05) is 44.2 Å². The Labute approximate surface area is 198 Å². The van der Waals surface area contributed by atoms with Gasteiger partial charge in [-0.2, -0.15) is 0 Å². The van der Waals surface area contributed by atoms with E-state index in [1.807, 2.05) is 35.4 Å². The number of alkyl halides is 2. The first-order chi connectivity index (χ1) is 16.5. The van der Waals surface area contributed by atoms with Gasteiger partial charge in [0, 0.05) is 56.0 Å². The standard InChI is InChI=1S/C27H30F2N4O/c28-27(29)17-30-9-7-23(27)19-3-1-18(2-4-19)21-15-22-24(16-21)31-10-8-25(22)32-11-13-33(14-12-32)26(34)20-5-6-20/h1-4,8,10,15,20,23,30H,5-7,9,11-14,16-17H2. The first-order valence-corrected chi connectivity index (χ1v) is 12.4. The van der Waals surface area contributed by atoms with E-state index in [-0.39, 0.29) is 12.5 Å². The Balaban J connectivity index is 1.18. The average Bonchev–Trinajstić information content (AvgIpc) is 3.61. The maximum Gasteiger partial charge on any atom is 0.267 e. The molecule has 3 fully saturated rings. The summed E-state index contributed by atoms with van der Waals surface area (Å²) in [5.74, 6) is -2.84. The van der Waals surface area contributed by atoms with Crippen molar-refractivity contribution in [3.8, 4) is 0 Å². The third kappa shape index (κ3) is 4.00. The van der Waals surface area contributed by atoms with Crippen molar-refractivity contribution in [1.82, 2.24) is 15.2 Å². The Morgan fingerprint density at radius 3 is 2.50 bits per heavy atom. The fraction of sp³-hybridized carbons (Fsp3) is 0.481. The van der Waals surface area contributed by atoms with Crippen molar-refractivity contribution in [3.63, 3.8) is 0 Å². The van der Waals surface area contributed by atoms with Crippen molar-refractivity contribution in [3.05, 3.63) is 58.9 Å². The lowest BCUT2D eigenvalue weighted by molar-refractivity contribution is -0.132. The summed E-state index contributed by atoms with van der Waals surface area (Å²) in [7, 11) is 0. The van der Waals surface area contributed by atoms with Crippen LogP contribution in [0.3, 0.4) is 0 Å². The van der Waals surface area contributed by atoms with E-state index < -0.39 is 11.8 Å². The molecular formula is C27H30F2N4O. The molecule has 1 N–H and O–H groups in total. The average molecular weight is 465 g/mol. The number of carbonyl (C=O) groups excluding carboxylic acids is 1. The van der Waals surface area contributed by atoms with Gasteiger partial charge in [-0.05, 0) is 54.6 Å². The first kappa shape index (κ1) is 21.7. The molecule has 2 saturated heterocycles. The number of amides is 1. The monoisotopic (exact) mass is 464 g/mol. The first-order valence-electron chi connectivity index (χ1n) is 12.4. The van der Waals surface area contributed by atoms with Gasteiger partial charge in [0.05, 0.1) is 18.2 Å². The van der Waals surface area contributed by atoms with E-state index in [0.29, 0.717) is 24.4 Å². The molecule has 1 amide bonds. The highest BCUT2D eigenvalue weighted by Crippen LogP contribution is 2.40. The van der Waals surface area contributed by atoms with Crippen molar-refractivity contribution >= 4 is 23.2 Å². The van der Waals surface area contributed by atoms with Crippen LogP contribution in [-0.2, 0) is 11.2 Å². The molecule has 4 aliphatic rings. The lowest BCUT2D eigenvalue weighted by atomic mass is 9.86. The molecule has 0 bridgehead atoms. The molecule has 178 valence electrons. The van der Waals surface area contributed by atoms with Crippen LogP contribution in [0.2, 0.25) is 0 Å². The number of nitrogens with one attached hydrogen (secondary N) is 1. The van der Waals surface area contributed by atoms with Crippen molar-refractivity contribution in [2.45, 2.75) is 37.5 Å². The van der Waals surface area contributed by atoms with Crippen LogP contribution in [0.25, 0.3) is 11.6 Å². The molecule has 0 spiro atoms. The summed E-state index contributed by atoms with van der Waals surface area (Å²) < 4.78 is 28.7. The van der Waals surface area contributed by atoms with Gasteiger partial charge in [-0.1, -0.05) is 24.3 Å². The van der Waals surface area contributed by atoms with Crippen molar-refractivity contribution in [2.24, 2.45) is 5.92 Å². The second kappa shape index (κ2) is 8.45. The fourth-order valence-corrected chi connectivity index (χ4v) is 5.60. The van der Waals surface area contributed by atoms with E-state index >= 15 is 0 Å². The summed E-state index contributed by atoms with van der Waals surface area (Å²) in [6.07, 6.45) is 7.36. The fourth-order valence-electron chi connectivity index (χ4n) is 5.60. The predicted molar refractivity (Wildman–Crippen MR) is 129 cm³/mol. The molecule has 2 aliphatic carbocycles. The van der Waals surface area contributed by atoms with Crippen LogP contribution >= 0.6 is 0 Å². The molecule has 34 heavy (non-hydrogen) atoms. The molecule has 2 aromatic rings. The molecule has 1 saturated carbocycles. The number of pyridine rings is 1. The predicted octanol–water partition coefficient (Wildman–Crippen LogP) is 3.95. The number of hydrogen-bond donors (Lipinski definition) is 1. The number of anilines is 1. The van der Waals surface area contributed by atoms with Crippen LogP contribution in [0.15, 0.2) is 36.5 Å². The molecule has 7 heteroatoms. The molecule has 1 aromatic carbocycles. The quantitative estimate of drug-likeness (QED) is 0.745. The van der Waals surface area contributed by atoms with Gasteiger partial charge in [0.1, 0.15) is 0 Å². The number of fused-ring (bicyclic) bond motifs is 1. The summed E-state index contributed by atoms with van der Waals surface area (Å²) in [6.45, 7) is 3.57. The summed E-state index contributed by atoms with van der Waals surface area (Å²) in [5.41, 5.74) is 6.31. The number of halogens is 2. The van der Waals surface area contributed by atoms with Crippen molar-refractivity contribution in [1.29, 1.82) is 0 Å². The van der Waals surface area contributed by atoms with E-state index in [1.54, 1.807) is 0 Å². The van der Waals surface area contributed by atoms with Gasteiger partial charge in [0.15, 0.2) is 0 Å². The topological polar surface area (TPSA) is 48.5 Å². The molecule has 1 unspecified atom stereocenters. The Bertz CT molecular complexity index is 1120. The molecule has 3 heterocycles. The maximum absolute atomic E-state index is 14.4. The SMILES string of the molecule is O=C(C1CC1)N1CCN(c2ccnc3c2C=C(c2ccc(C4CCNCC4(F)F)cc2)C3)CC1. The van der Waals surface area contributed by atoms with E-state index in [9.17, 15) is 13.6 Å². The van der Waals surface area contributed by atoms with E-state index in [4.69, 9.17) is 0 Å². The highest BCUT2D eigenvalue weighted by molar-refractivity contribution is 5.92. The summed E-state index contributed by atoms with van der Waals surface area (Å²) in [6, 6.07) is 9.76. The van der Waals surface area contributed by atoms with Crippen LogP contribution in [0.5, 0.6) is 0 Å². The molecule has 6 rings (SSSR count). The molecule has 2 aliphatic heterocycles. The minimum atomic E-state index is -2.71. The molecule has 1 atom stereocenters. The van der Waals surface area contributed by atoms with Gasteiger partial charge in [-0.25, -0.2) is 8.78 Å². The highest BCUT2D eigenvalue weighted by atomic mass is 19.3. The number of benzene rings is 1. The smallest absolute Gasteiger partial charge is 0.267 e. The maximum atomic E-state index is 14.4. The largest absolute Gasteiger partial charge is 0.367 e. The van der Waals surface area contributed by atoms with E-state index in [0.717, 1.165) is 62.3 Å². The minimum absolute atomic E-state index is 0.253. The van der Waals surface area contributed by atoms with Gasteiger partial charge in [0.2, 0.25) is 5.91 Å². The number of carbonyl (C=O) groups is 1. The minimum Gasteiger partial charge on any atom is -0.367 e. The lowest BCUT2D eigenvalue weighted by Gasteiger charge is -2.37. The van der Waals surface area contributed by atoms with Gasteiger partial charge in [-0.3, -0.25) is 9.78 Å². The number of piperidine rings is 1. The molecular weight excluding hydrogens is 434 g/mol. The zero-order valence-corrected chi connectivity index (χ0v) is 19.3. The summed E-state index contributed by atoms with van der Waals surface area (Å²) in [4.78, 5) is 21.4.